The maximum Gasteiger partial charge on any atom is 0.251 e. The number of carbonyl (C=O) groups excluding carboxylic acids is 2. The van der Waals surface area contributed by atoms with Crippen molar-refractivity contribution in [1.29, 1.82) is 0 Å². The van der Waals surface area contributed by atoms with E-state index in [4.69, 9.17) is 0 Å². The molecule has 0 spiro atoms. The predicted molar refractivity (Wildman–Crippen MR) is 107 cm³/mol. The zero-order valence-corrected chi connectivity index (χ0v) is 16.7. The monoisotopic (exact) mass is 371 g/mol. The van der Waals surface area contributed by atoms with E-state index in [0.29, 0.717) is 25.1 Å². The Morgan fingerprint density at radius 2 is 1.85 bits per heavy atom. The number of nitrogens with one attached hydrogen (secondary N) is 1. The van der Waals surface area contributed by atoms with Crippen LogP contribution in [-0.4, -0.2) is 54.3 Å². The van der Waals surface area contributed by atoms with Crippen LogP contribution in [0.4, 0.5) is 0 Å². The van der Waals surface area contributed by atoms with Gasteiger partial charge in [-0.1, -0.05) is 26.0 Å². The Morgan fingerprint density at radius 3 is 2.48 bits per heavy atom. The second-order valence-electron chi connectivity index (χ2n) is 8.43. The summed E-state index contributed by atoms with van der Waals surface area (Å²) in [7, 11) is 0. The Kier molecular flexibility index (Phi) is 6.89. The molecule has 0 aliphatic carbocycles. The number of rotatable bonds is 7. The molecule has 2 saturated heterocycles. The van der Waals surface area contributed by atoms with Crippen molar-refractivity contribution in [1.82, 2.24) is 15.1 Å². The first-order valence-corrected chi connectivity index (χ1v) is 10.4. The van der Waals surface area contributed by atoms with Gasteiger partial charge in [0.25, 0.3) is 5.91 Å². The van der Waals surface area contributed by atoms with Crippen molar-refractivity contribution in [2.45, 2.75) is 46.1 Å². The Balaban J connectivity index is 1.38. The van der Waals surface area contributed by atoms with Gasteiger partial charge in [-0.3, -0.25) is 9.59 Å². The molecule has 1 aromatic rings. The minimum absolute atomic E-state index is 0.0146. The van der Waals surface area contributed by atoms with Crippen molar-refractivity contribution in [3.63, 3.8) is 0 Å². The van der Waals surface area contributed by atoms with E-state index in [2.05, 4.69) is 24.1 Å². The van der Waals surface area contributed by atoms with Crippen molar-refractivity contribution in [3.05, 3.63) is 35.4 Å². The summed E-state index contributed by atoms with van der Waals surface area (Å²) < 4.78 is 0. The summed E-state index contributed by atoms with van der Waals surface area (Å²) in [5, 5.41) is 3.03. The van der Waals surface area contributed by atoms with Gasteiger partial charge in [0.2, 0.25) is 5.91 Å². The van der Waals surface area contributed by atoms with Gasteiger partial charge in [-0.05, 0) is 55.3 Å². The van der Waals surface area contributed by atoms with Crippen LogP contribution in [-0.2, 0) is 11.3 Å². The van der Waals surface area contributed by atoms with Crippen LogP contribution in [0, 0.1) is 11.8 Å². The van der Waals surface area contributed by atoms with Crippen LogP contribution in [0.3, 0.4) is 0 Å². The maximum atomic E-state index is 12.3. The maximum absolute atomic E-state index is 12.3. The molecule has 0 aromatic heterocycles. The van der Waals surface area contributed by atoms with Crippen molar-refractivity contribution in [2.24, 2.45) is 11.8 Å². The largest absolute Gasteiger partial charge is 0.352 e. The van der Waals surface area contributed by atoms with E-state index in [1.807, 2.05) is 29.2 Å². The highest BCUT2D eigenvalue weighted by Gasteiger charge is 2.21. The fourth-order valence-electron chi connectivity index (χ4n) is 4.43. The molecule has 2 fully saturated rings. The van der Waals surface area contributed by atoms with E-state index in [9.17, 15) is 9.59 Å². The van der Waals surface area contributed by atoms with Gasteiger partial charge in [-0.25, -0.2) is 0 Å². The lowest BCUT2D eigenvalue weighted by Gasteiger charge is -2.34. The Hall–Kier alpha value is -1.88. The smallest absolute Gasteiger partial charge is 0.251 e. The van der Waals surface area contributed by atoms with E-state index < -0.39 is 0 Å². The van der Waals surface area contributed by atoms with Crippen molar-refractivity contribution >= 4 is 11.8 Å². The quantitative estimate of drug-likeness (QED) is 0.750. The molecule has 0 unspecified atom stereocenters. The van der Waals surface area contributed by atoms with E-state index in [0.717, 1.165) is 43.3 Å². The number of carbonyl (C=O) groups is 2. The molecule has 5 heteroatoms. The molecule has 2 heterocycles. The van der Waals surface area contributed by atoms with E-state index in [1.165, 1.54) is 19.5 Å². The summed E-state index contributed by atoms with van der Waals surface area (Å²) in [6, 6.07) is 7.63. The van der Waals surface area contributed by atoms with Gasteiger partial charge < -0.3 is 15.1 Å². The molecule has 1 N–H and O–H groups in total. The molecule has 2 atom stereocenters. The van der Waals surface area contributed by atoms with Crippen LogP contribution in [0.5, 0.6) is 0 Å². The highest BCUT2D eigenvalue weighted by molar-refractivity contribution is 5.94. The second-order valence-corrected chi connectivity index (χ2v) is 8.43. The fourth-order valence-corrected chi connectivity index (χ4v) is 4.43. The minimum Gasteiger partial charge on any atom is -0.352 e. The van der Waals surface area contributed by atoms with Crippen LogP contribution < -0.4 is 5.32 Å². The normalized spacial score (nSPS) is 23.6. The molecule has 1 aromatic carbocycles. The van der Waals surface area contributed by atoms with Gasteiger partial charge in [0.05, 0.1) is 0 Å². The Bertz CT molecular complexity index is 633. The Labute approximate surface area is 163 Å². The molecular weight excluding hydrogens is 338 g/mol. The third kappa shape index (κ3) is 5.80. The first kappa shape index (κ1) is 19.9. The van der Waals surface area contributed by atoms with Crippen molar-refractivity contribution in [2.75, 3.05) is 32.7 Å². The first-order chi connectivity index (χ1) is 13.0. The Morgan fingerprint density at radius 1 is 1.15 bits per heavy atom. The van der Waals surface area contributed by atoms with Gasteiger partial charge in [0.1, 0.15) is 0 Å². The zero-order chi connectivity index (χ0) is 19.2. The summed E-state index contributed by atoms with van der Waals surface area (Å²) in [5.74, 6) is 1.77. The summed E-state index contributed by atoms with van der Waals surface area (Å²) in [6.45, 7) is 10.3. The molecular formula is C22H33N3O2. The molecule has 148 valence electrons. The third-order valence-corrected chi connectivity index (χ3v) is 5.64. The third-order valence-electron chi connectivity index (χ3n) is 5.64. The lowest BCUT2D eigenvalue weighted by molar-refractivity contribution is -0.128. The molecule has 2 aliphatic heterocycles. The second kappa shape index (κ2) is 9.36. The number of hydrogen-bond donors (Lipinski definition) is 1. The highest BCUT2D eigenvalue weighted by Crippen LogP contribution is 2.20. The van der Waals surface area contributed by atoms with Gasteiger partial charge in [0, 0.05) is 44.7 Å². The van der Waals surface area contributed by atoms with Crippen molar-refractivity contribution in [3.8, 4) is 0 Å². The molecule has 0 radical (unpaired) electrons. The van der Waals surface area contributed by atoms with Crippen LogP contribution >= 0.6 is 0 Å². The molecule has 27 heavy (non-hydrogen) atoms. The van der Waals surface area contributed by atoms with Gasteiger partial charge in [0.15, 0.2) is 0 Å². The van der Waals surface area contributed by atoms with E-state index >= 15 is 0 Å². The van der Waals surface area contributed by atoms with Crippen LogP contribution in [0.2, 0.25) is 0 Å². The summed E-state index contributed by atoms with van der Waals surface area (Å²) in [4.78, 5) is 28.4. The lowest BCUT2D eigenvalue weighted by Crippen LogP contribution is -2.40. The average Bonchev–Trinajstić information content (AvgIpc) is 3.03. The SMILES string of the molecule is C[C@@H]1C[C@@H](C)CN(CCCNC(=O)c2ccc(CN3CCCC3=O)cc2)C1. The number of nitrogens with zero attached hydrogens (tertiary/aromatic N) is 2. The summed E-state index contributed by atoms with van der Waals surface area (Å²) in [5.41, 5.74) is 1.77. The molecule has 0 bridgehead atoms. The first-order valence-electron chi connectivity index (χ1n) is 10.4. The standard InChI is InChI=1S/C22H33N3O2/c1-17-13-18(2)15-24(14-17)11-4-10-23-22(27)20-8-6-19(7-9-20)16-25-12-3-5-21(25)26/h6-9,17-18H,3-5,10-16H2,1-2H3,(H,23,27)/t17-,18-/m1/s1. The average molecular weight is 372 g/mol. The van der Waals surface area contributed by atoms with E-state index in [1.54, 1.807) is 0 Å². The number of amides is 2. The van der Waals surface area contributed by atoms with Gasteiger partial charge in [-0.2, -0.15) is 0 Å². The summed E-state index contributed by atoms with van der Waals surface area (Å²) in [6.07, 6.45) is 3.93. The van der Waals surface area contributed by atoms with Gasteiger partial charge in [-0.15, -0.1) is 0 Å². The lowest BCUT2D eigenvalue weighted by atomic mass is 9.92. The molecule has 5 nitrogen and oxygen atoms in total. The number of hydrogen-bond acceptors (Lipinski definition) is 3. The van der Waals surface area contributed by atoms with Gasteiger partial charge >= 0.3 is 0 Å². The fraction of sp³-hybridized carbons (Fsp3) is 0.636. The van der Waals surface area contributed by atoms with E-state index in [-0.39, 0.29) is 11.8 Å². The molecule has 0 saturated carbocycles. The highest BCUT2D eigenvalue weighted by atomic mass is 16.2. The van der Waals surface area contributed by atoms with Crippen LogP contribution in [0.25, 0.3) is 0 Å². The number of benzene rings is 1. The topological polar surface area (TPSA) is 52.7 Å². The zero-order valence-electron chi connectivity index (χ0n) is 16.7. The number of piperidine rings is 1. The van der Waals surface area contributed by atoms with Crippen LogP contribution in [0.1, 0.15) is 55.5 Å². The van der Waals surface area contributed by atoms with Crippen LogP contribution in [0.15, 0.2) is 24.3 Å². The molecule has 2 amide bonds. The minimum atomic E-state index is -0.0146. The molecule has 2 aliphatic rings. The number of likely N-dealkylation sites (tertiary alicyclic amines) is 2. The predicted octanol–water partition coefficient (Wildman–Crippen LogP) is 2.91. The van der Waals surface area contributed by atoms with Crippen molar-refractivity contribution < 1.29 is 9.59 Å². The molecule has 3 rings (SSSR count). The summed E-state index contributed by atoms with van der Waals surface area (Å²) >= 11 is 0.